The van der Waals surface area contributed by atoms with Crippen LogP contribution in [0.5, 0.6) is 17.2 Å². The number of fused-ring (bicyclic) bond motifs is 3. The van der Waals surface area contributed by atoms with E-state index in [1.807, 2.05) is 65.7 Å². The summed E-state index contributed by atoms with van der Waals surface area (Å²) in [4.78, 5) is 27.5. The molecule has 2 aliphatic rings. The number of rotatable bonds is 10. The van der Waals surface area contributed by atoms with Crippen molar-refractivity contribution < 1.29 is 19.0 Å². The maximum absolute atomic E-state index is 13.0. The average molecular weight is 525 g/mol. The number of nitrogens with one attached hydrogen (secondary N) is 1. The number of para-hydroxylation sites is 2. The zero-order chi connectivity index (χ0) is 26.6. The number of aliphatic imine (C=N–C) groups is 1. The van der Waals surface area contributed by atoms with Crippen LogP contribution in [0.25, 0.3) is 22.4 Å². The van der Waals surface area contributed by atoms with Gasteiger partial charge in [0.1, 0.15) is 11.6 Å². The molecule has 1 N–H and O–H groups in total. The third-order valence-electron chi connectivity index (χ3n) is 7.29. The fourth-order valence-corrected chi connectivity index (χ4v) is 5.17. The van der Waals surface area contributed by atoms with Crippen molar-refractivity contribution in [3.63, 3.8) is 0 Å². The van der Waals surface area contributed by atoms with Crippen molar-refractivity contribution in [3.8, 4) is 28.6 Å². The van der Waals surface area contributed by atoms with E-state index in [1.54, 1.807) is 13.2 Å². The molecule has 0 bridgehead atoms. The molecule has 0 unspecified atom stereocenters. The first-order valence-corrected chi connectivity index (χ1v) is 13.6. The molecule has 3 heterocycles. The van der Waals surface area contributed by atoms with E-state index < -0.39 is 0 Å². The Hall–Kier alpha value is -4.33. The highest BCUT2D eigenvalue weighted by atomic mass is 16.5. The summed E-state index contributed by atoms with van der Waals surface area (Å²) in [5.74, 6) is 2.89. The van der Waals surface area contributed by atoms with E-state index in [4.69, 9.17) is 14.2 Å². The molecule has 200 valence electrons. The summed E-state index contributed by atoms with van der Waals surface area (Å²) in [5, 5.41) is 0. The fraction of sp³-hybridized carbons (Fsp3) is 0.323. The van der Waals surface area contributed by atoms with Gasteiger partial charge in [0.2, 0.25) is 0 Å². The Morgan fingerprint density at radius 2 is 1.79 bits per heavy atom. The molecule has 1 saturated heterocycles. The molecule has 39 heavy (non-hydrogen) atoms. The zero-order valence-corrected chi connectivity index (χ0v) is 22.1. The quantitative estimate of drug-likeness (QED) is 0.250. The van der Waals surface area contributed by atoms with Gasteiger partial charge in [0.25, 0.3) is 5.91 Å². The molecule has 0 radical (unpaired) electrons. The smallest absolute Gasteiger partial charge is 0.256 e. The van der Waals surface area contributed by atoms with E-state index in [0.29, 0.717) is 36.0 Å². The van der Waals surface area contributed by atoms with Gasteiger partial charge in [-0.1, -0.05) is 12.1 Å². The van der Waals surface area contributed by atoms with E-state index in [9.17, 15) is 4.79 Å². The Balaban J connectivity index is 0.963. The molecule has 1 aromatic heterocycles. The van der Waals surface area contributed by atoms with E-state index >= 15 is 0 Å². The minimum Gasteiger partial charge on any atom is -0.494 e. The van der Waals surface area contributed by atoms with Crippen molar-refractivity contribution in [1.29, 1.82) is 0 Å². The van der Waals surface area contributed by atoms with Gasteiger partial charge >= 0.3 is 0 Å². The molecule has 1 amide bonds. The Labute approximate surface area is 227 Å². The van der Waals surface area contributed by atoms with E-state index in [1.165, 1.54) is 0 Å². The number of aromatic nitrogens is 2. The number of imidazole rings is 1. The number of carbonyl (C=O) groups excluding carboxylic acids is 1. The summed E-state index contributed by atoms with van der Waals surface area (Å²) in [6.07, 6.45) is 6.63. The van der Waals surface area contributed by atoms with Gasteiger partial charge in [-0.15, -0.1) is 0 Å². The van der Waals surface area contributed by atoms with Crippen molar-refractivity contribution in [3.05, 3.63) is 66.2 Å². The van der Waals surface area contributed by atoms with Crippen LogP contribution in [-0.2, 0) is 0 Å². The number of aromatic amines is 1. The highest BCUT2D eigenvalue weighted by molar-refractivity contribution is 6.03. The van der Waals surface area contributed by atoms with Crippen LogP contribution in [0.3, 0.4) is 0 Å². The van der Waals surface area contributed by atoms with Crippen LogP contribution >= 0.6 is 0 Å². The molecule has 4 aromatic rings. The van der Waals surface area contributed by atoms with E-state index in [2.05, 4.69) is 15.0 Å². The first kappa shape index (κ1) is 25.0. The lowest BCUT2D eigenvalue weighted by molar-refractivity contribution is 0.0774. The SMILES string of the molecule is COc1cc2c(cc1OCCCCCOc1ccc(-c3nc4ccccc4[nH]3)cc1)N=C[C@@H]1CCCN1C2=O. The molecular weight excluding hydrogens is 492 g/mol. The molecule has 1 atom stereocenters. The second-order valence-corrected chi connectivity index (χ2v) is 9.89. The first-order valence-electron chi connectivity index (χ1n) is 13.6. The standard InChI is InChI=1S/C31H32N4O4/c1-37-28-18-24-27(32-20-22-8-7-15-35(22)31(24)36)19-29(28)39-17-6-2-5-16-38-23-13-11-21(12-14-23)30-33-25-9-3-4-10-26(25)34-30/h3-4,9-14,18-20,22H,2,5-8,15-17H2,1H3,(H,33,34)/t22-/m0/s1. The molecule has 3 aromatic carbocycles. The summed E-state index contributed by atoms with van der Waals surface area (Å²) < 4.78 is 17.5. The molecule has 2 aliphatic heterocycles. The number of benzene rings is 3. The highest BCUT2D eigenvalue weighted by Gasteiger charge is 2.32. The van der Waals surface area contributed by atoms with Crippen LogP contribution in [0, 0.1) is 0 Å². The van der Waals surface area contributed by atoms with Crippen LogP contribution in [0.4, 0.5) is 5.69 Å². The molecule has 8 heteroatoms. The van der Waals surface area contributed by atoms with Gasteiger partial charge in [0, 0.05) is 24.4 Å². The van der Waals surface area contributed by atoms with Gasteiger partial charge in [-0.3, -0.25) is 9.79 Å². The second kappa shape index (κ2) is 11.2. The first-order chi connectivity index (χ1) is 19.2. The van der Waals surface area contributed by atoms with Crippen LogP contribution in [-0.4, -0.2) is 59.9 Å². The summed E-state index contributed by atoms with van der Waals surface area (Å²) in [7, 11) is 1.60. The predicted octanol–water partition coefficient (Wildman–Crippen LogP) is 6.19. The number of unbranched alkanes of at least 4 members (excludes halogenated alkanes) is 2. The highest BCUT2D eigenvalue weighted by Crippen LogP contribution is 2.38. The van der Waals surface area contributed by atoms with Gasteiger partial charge < -0.3 is 24.1 Å². The molecule has 1 fully saturated rings. The van der Waals surface area contributed by atoms with Gasteiger partial charge in [-0.25, -0.2) is 4.98 Å². The molecular formula is C31H32N4O4. The van der Waals surface area contributed by atoms with Gasteiger partial charge in [-0.05, 0) is 74.6 Å². The van der Waals surface area contributed by atoms with Gasteiger partial charge in [0.15, 0.2) is 11.5 Å². The zero-order valence-electron chi connectivity index (χ0n) is 22.1. The number of hydrogen-bond acceptors (Lipinski definition) is 6. The number of carbonyl (C=O) groups is 1. The van der Waals surface area contributed by atoms with Crippen molar-refractivity contribution >= 4 is 28.8 Å². The van der Waals surface area contributed by atoms with Crippen LogP contribution < -0.4 is 14.2 Å². The molecule has 8 nitrogen and oxygen atoms in total. The lowest BCUT2D eigenvalue weighted by atomic mass is 10.1. The number of hydrogen-bond donors (Lipinski definition) is 1. The summed E-state index contributed by atoms with van der Waals surface area (Å²) >= 11 is 0. The number of amides is 1. The minimum absolute atomic E-state index is 0.0130. The number of H-pyrrole nitrogens is 1. The maximum atomic E-state index is 13.0. The van der Waals surface area contributed by atoms with Crippen LogP contribution in [0.2, 0.25) is 0 Å². The Morgan fingerprint density at radius 1 is 0.974 bits per heavy atom. The predicted molar refractivity (Wildman–Crippen MR) is 152 cm³/mol. The average Bonchev–Trinajstić information content (AvgIpc) is 3.60. The molecule has 0 spiro atoms. The van der Waals surface area contributed by atoms with E-state index in [0.717, 1.165) is 66.8 Å². The van der Waals surface area contributed by atoms with Gasteiger partial charge in [-0.2, -0.15) is 0 Å². The summed E-state index contributed by atoms with van der Waals surface area (Å²) in [6, 6.07) is 19.7. The Kier molecular flexibility index (Phi) is 7.17. The summed E-state index contributed by atoms with van der Waals surface area (Å²) in [6.45, 7) is 1.96. The number of methoxy groups -OCH3 is 1. The third-order valence-corrected chi connectivity index (χ3v) is 7.29. The van der Waals surface area contributed by atoms with Crippen molar-refractivity contribution in [1.82, 2.24) is 14.9 Å². The molecule has 0 saturated carbocycles. The van der Waals surface area contributed by atoms with Crippen molar-refractivity contribution in [2.45, 2.75) is 38.1 Å². The Bertz CT molecular complexity index is 1460. The third kappa shape index (κ3) is 5.32. The van der Waals surface area contributed by atoms with Gasteiger partial charge in [0.05, 0.1) is 48.6 Å². The molecule has 0 aliphatic carbocycles. The summed E-state index contributed by atoms with van der Waals surface area (Å²) in [5.41, 5.74) is 4.23. The number of ether oxygens (including phenoxy) is 3. The fourth-order valence-electron chi connectivity index (χ4n) is 5.17. The maximum Gasteiger partial charge on any atom is 0.256 e. The van der Waals surface area contributed by atoms with Crippen molar-refractivity contribution in [2.75, 3.05) is 26.9 Å². The lowest BCUT2D eigenvalue weighted by Gasteiger charge is -2.20. The van der Waals surface area contributed by atoms with E-state index in [-0.39, 0.29) is 11.9 Å². The topological polar surface area (TPSA) is 89.0 Å². The van der Waals surface area contributed by atoms with Crippen LogP contribution in [0.1, 0.15) is 42.5 Å². The van der Waals surface area contributed by atoms with Crippen LogP contribution in [0.15, 0.2) is 65.7 Å². The second-order valence-electron chi connectivity index (χ2n) is 9.89. The monoisotopic (exact) mass is 524 g/mol. The number of nitrogens with zero attached hydrogens (tertiary/aromatic N) is 3. The Morgan fingerprint density at radius 3 is 2.62 bits per heavy atom. The normalized spacial score (nSPS) is 16.2. The lowest BCUT2D eigenvalue weighted by Crippen LogP contribution is -2.35. The largest absolute Gasteiger partial charge is 0.494 e. The minimum atomic E-state index is 0.0130. The molecule has 6 rings (SSSR count). The van der Waals surface area contributed by atoms with Crippen molar-refractivity contribution in [2.24, 2.45) is 4.99 Å².